The molecule has 2 heterocycles. The third-order valence-electron chi connectivity index (χ3n) is 4.84. The van der Waals surface area contributed by atoms with Gasteiger partial charge in [-0.2, -0.15) is 18.3 Å². The van der Waals surface area contributed by atoms with Gasteiger partial charge < -0.3 is 15.4 Å². The Labute approximate surface area is 194 Å². The second-order valence-electron chi connectivity index (χ2n) is 7.35. The van der Waals surface area contributed by atoms with Crippen LogP contribution in [0.15, 0.2) is 42.6 Å². The third kappa shape index (κ3) is 5.72. The van der Waals surface area contributed by atoms with Crippen LogP contribution in [0.25, 0.3) is 5.69 Å². The van der Waals surface area contributed by atoms with E-state index in [9.17, 15) is 22.8 Å². The zero-order chi connectivity index (χ0) is 24.9. The summed E-state index contributed by atoms with van der Waals surface area (Å²) in [6, 6.07) is 9.81. The van der Waals surface area contributed by atoms with Crippen LogP contribution in [0.1, 0.15) is 44.6 Å². The number of benzene rings is 1. The molecule has 11 heteroatoms. The van der Waals surface area contributed by atoms with Gasteiger partial charge in [-0.25, -0.2) is 9.67 Å². The Morgan fingerprint density at radius 3 is 2.29 bits per heavy atom. The maximum absolute atomic E-state index is 13.4. The van der Waals surface area contributed by atoms with E-state index in [0.717, 1.165) is 10.9 Å². The number of hydrogen-bond donors (Lipinski definition) is 2. The quantitative estimate of drug-likeness (QED) is 0.487. The lowest BCUT2D eigenvalue weighted by Crippen LogP contribution is -2.35. The molecule has 0 bridgehead atoms. The number of ether oxygens (including phenoxy) is 1. The fourth-order valence-electron chi connectivity index (χ4n) is 3.36. The molecule has 0 aliphatic rings. The number of halogens is 3. The number of hydrogen-bond acceptors (Lipinski definition) is 5. The van der Waals surface area contributed by atoms with Crippen LogP contribution in [-0.4, -0.2) is 46.3 Å². The summed E-state index contributed by atoms with van der Waals surface area (Å²) in [7, 11) is 0. The van der Waals surface area contributed by atoms with Gasteiger partial charge in [-0.05, 0) is 38.5 Å². The Morgan fingerprint density at radius 1 is 1.06 bits per heavy atom. The number of carbonyl (C=O) groups is 2. The van der Waals surface area contributed by atoms with Crippen molar-refractivity contribution < 1.29 is 27.5 Å². The van der Waals surface area contributed by atoms with Crippen LogP contribution >= 0.6 is 0 Å². The van der Waals surface area contributed by atoms with Gasteiger partial charge in [0, 0.05) is 25.4 Å². The van der Waals surface area contributed by atoms with Crippen molar-refractivity contribution in [2.45, 2.75) is 26.9 Å². The maximum atomic E-state index is 13.4. The molecule has 2 N–H and O–H groups in total. The van der Waals surface area contributed by atoms with Gasteiger partial charge in [0.25, 0.3) is 11.8 Å². The number of aryl methyl sites for hydroxylation is 2. The predicted molar refractivity (Wildman–Crippen MR) is 118 cm³/mol. The highest BCUT2D eigenvalue weighted by atomic mass is 19.4. The van der Waals surface area contributed by atoms with E-state index >= 15 is 0 Å². The van der Waals surface area contributed by atoms with E-state index in [2.05, 4.69) is 20.7 Å². The summed E-state index contributed by atoms with van der Waals surface area (Å²) in [5, 5.41) is 8.59. The number of aromatic nitrogens is 3. The Morgan fingerprint density at radius 2 is 1.71 bits per heavy atom. The number of alkyl halides is 3. The number of rotatable bonds is 8. The molecule has 0 radical (unpaired) electrons. The SMILES string of the molecule is CCOc1cc(C)c(C(=O)NCCNC(=O)c2cn(-c3ccccc3)nc2C(F)(F)F)c(C)n1. The smallest absolute Gasteiger partial charge is 0.435 e. The molecule has 1 aromatic carbocycles. The van der Waals surface area contributed by atoms with Gasteiger partial charge in [0.05, 0.1) is 29.1 Å². The van der Waals surface area contributed by atoms with Gasteiger partial charge in [0.15, 0.2) is 5.69 Å². The number of para-hydroxylation sites is 1. The first kappa shape index (κ1) is 24.7. The van der Waals surface area contributed by atoms with E-state index in [0.29, 0.717) is 35.0 Å². The Bertz CT molecular complexity index is 1150. The summed E-state index contributed by atoms with van der Waals surface area (Å²) in [6.07, 6.45) is -3.78. The second-order valence-corrected chi connectivity index (χ2v) is 7.35. The Hall–Kier alpha value is -3.89. The Balaban J connectivity index is 1.64. The number of amides is 2. The van der Waals surface area contributed by atoms with Crippen molar-refractivity contribution in [1.29, 1.82) is 0 Å². The van der Waals surface area contributed by atoms with Gasteiger partial charge in [0.1, 0.15) is 0 Å². The molecular weight excluding hydrogens is 451 g/mol. The van der Waals surface area contributed by atoms with Crippen LogP contribution in [0.4, 0.5) is 13.2 Å². The van der Waals surface area contributed by atoms with E-state index in [1.54, 1.807) is 50.2 Å². The van der Waals surface area contributed by atoms with Gasteiger partial charge in [-0.1, -0.05) is 18.2 Å². The first-order valence-electron chi connectivity index (χ1n) is 10.5. The van der Waals surface area contributed by atoms with Crippen molar-refractivity contribution in [3.05, 3.63) is 70.7 Å². The van der Waals surface area contributed by atoms with Crippen molar-refractivity contribution in [3.63, 3.8) is 0 Å². The van der Waals surface area contributed by atoms with Crippen LogP contribution in [-0.2, 0) is 6.18 Å². The third-order valence-corrected chi connectivity index (χ3v) is 4.84. The molecule has 3 aromatic rings. The average molecular weight is 475 g/mol. The van der Waals surface area contributed by atoms with Crippen molar-refractivity contribution in [1.82, 2.24) is 25.4 Å². The molecule has 8 nitrogen and oxygen atoms in total. The van der Waals surface area contributed by atoms with Crippen molar-refractivity contribution >= 4 is 11.8 Å². The maximum Gasteiger partial charge on any atom is 0.435 e. The summed E-state index contributed by atoms with van der Waals surface area (Å²) in [5.41, 5.74) is 0.00994. The minimum absolute atomic E-state index is 0.00480. The van der Waals surface area contributed by atoms with Crippen molar-refractivity contribution in [2.75, 3.05) is 19.7 Å². The largest absolute Gasteiger partial charge is 0.478 e. The lowest BCUT2D eigenvalue weighted by Gasteiger charge is -2.12. The van der Waals surface area contributed by atoms with Crippen LogP contribution in [0.3, 0.4) is 0 Å². The molecule has 0 fully saturated rings. The highest BCUT2D eigenvalue weighted by molar-refractivity contribution is 5.97. The average Bonchev–Trinajstić information content (AvgIpc) is 3.23. The summed E-state index contributed by atoms with van der Waals surface area (Å²) < 4.78 is 46.7. The molecule has 2 aromatic heterocycles. The topological polar surface area (TPSA) is 98.1 Å². The normalized spacial score (nSPS) is 11.2. The number of carbonyl (C=O) groups excluding carboxylic acids is 2. The van der Waals surface area contributed by atoms with Gasteiger partial charge in [-0.3, -0.25) is 9.59 Å². The minimum atomic E-state index is -4.81. The van der Waals surface area contributed by atoms with Crippen LogP contribution in [0, 0.1) is 13.8 Å². The zero-order valence-corrected chi connectivity index (χ0v) is 18.9. The lowest BCUT2D eigenvalue weighted by atomic mass is 10.1. The lowest BCUT2D eigenvalue weighted by molar-refractivity contribution is -0.141. The summed E-state index contributed by atoms with van der Waals surface area (Å²) in [4.78, 5) is 29.3. The molecule has 0 aliphatic heterocycles. The minimum Gasteiger partial charge on any atom is -0.478 e. The van der Waals surface area contributed by atoms with E-state index in [1.807, 2.05) is 6.92 Å². The van der Waals surface area contributed by atoms with E-state index in [-0.39, 0.29) is 13.1 Å². The molecule has 180 valence electrons. The van der Waals surface area contributed by atoms with Gasteiger partial charge in [0.2, 0.25) is 5.88 Å². The molecule has 0 spiro atoms. The summed E-state index contributed by atoms with van der Waals surface area (Å²) >= 11 is 0. The van der Waals surface area contributed by atoms with Crippen LogP contribution in [0.2, 0.25) is 0 Å². The van der Waals surface area contributed by atoms with Crippen LogP contribution in [0.5, 0.6) is 5.88 Å². The fraction of sp³-hybridized carbons (Fsp3) is 0.304. The monoisotopic (exact) mass is 475 g/mol. The predicted octanol–water partition coefficient (Wildman–Crippen LogP) is 3.46. The first-order valence-corrected chi connectivity index (χ1v) is 10.5. The highest BCUT2D eigenvalue weighted by Gasteiger charge is 2.39. The molecule has 0 aliphatic carbocycles. The second kappa shape index (κ2) is 10.4. The number of pyridine rings is 1. The molecule has 0 atom stereocenters. The van der Waals surface area contributed by atoms with Crippen LogP contribution < -0.4 is 15.4 Å². The number of nitrogens with zero attached hydrogens (tertiary/aromatic N) is 3. The summed E-state index contributed by atoms with van der Waals surface area (Å²) in [5.74, 6) is -0.940. The van der Waals surface area contributed by atoms with Crippen molar-refractivity contribution in [3.8, 4) is 11.6 Å². The number of nitrogens with one attached hydrogen (secondary N) is 2. The van der Waals surface area contributed by atoms with E-state index in [1.165, 1.54) is 0 Å². The first-order chi connectivity index (χ1) is 16.1. The molecule has 2 amide bonds. The van der Waals surface area contributed by atoms with E-state index in [4.69, 9.17) is 4.74 Å². The van der Waals surface area contributed by atoms with Gasteiger partial charge in [-0.15, -0.1) is 0 Å². The molecular formula is C23H24F3N5O3. The van der Waals surface area contributed by atoms with E-state index < -0.39 is 29.2 Å². The zero-order valence-electron chi connectivity index (χ0n) is 18.9. The fourth-order valence-corrected chi connectivity index (χ4v) is 3.36. The Kier molecular flexibility index (Phi) is 7.54. The highest BCUT2D eigenvalue weighted by Crippen LogP contribution is 2.31. The molecule has 0 saturated heterocycles. The standard InChI is InChI=1S/C23H24F3N5O3/c1-4-34-18-12-14(2)19(15(3)29-18)22(33)28-11-10-27-21(32)17-13-31(16-8-6-5-7-9-16)30-20(17)23(24,25)26/h5-9,12-13H,4,10-11H2,1-3H3,(H,27,32)(H,28,33). The summed E-state index contributed by atoms with van der Waals surface area (Å²) in [6.45, 7) is 5.61. The van der Waals surface area contributed by atoms with Crippen molar-refractivity contribution in [2.24, 2.45) is 0 Å². The van der Waals surface area contributed by atoms with Gasteiger partial charge >= 0.3 is 6.18 Å². The molecule has 0 unspecified atom stereocenters. The molecule has 3 rings (SSSR count). The molecule has 34 heavy (non-hydrogen) atoms. The molecule has 0 saturated carbocycles.